The standard InChI is InChI=1S/C13H18ClFN2O2S/c14-12-7-10(4-5-13(12)15)8-17-20(18,19)9-11-3-1-2-6-16-11/h4-5,7,11,16-17H,1-3,6,8-9H2. The van der Waals surface area contributed by atoms with Crippen molar-refractivity contribution in [2.24, 2.45) is 0 Å². The maximum absolute atomic E-state index is 13.0. The number of piperidine rings is 1. The lowest BCUT2D eigenvalue weighted by atomic mass is 10.1. The van der Waals surface area contributed by atoms with Gasteiger partial charge in [0.1, 0.15) is 5.82 Å². The molecule has 4 nitrogen and oxygen atoms in total. The highest BCUT2D eigenvalue weighted by atomic mass is 35.5. The Balaban J connectivity index is 1.89. The fourth-order valence-corrected chi connectivity index (χ4v) is 3.75. The Morgan fingerprint density at radius 3 is 2.85 bits per heavy atom. The van der Waals surface area contributed by atoms with Crippen molar-refractivity contribution in [3.63, 3.8) is 0 Å². The summed E-state index contributed by atoms with van der Waals surface area (Å²) in [4.78, 5) is 0. The topological polar surface area (TPSA) is 58.2 Å². The quantitative estimate of drug-likeness (QED) is 0.873. The molecular weight excluding hydrogens is 303 g/mol. The van der Waals surface area contributed by atoms with E-state index in [1.807, 2.05) is 0 Å². The van der Waals surface area contributed by atoms with Gasteiger partial charge >= 0.3 is 0 Å². The molecule has 1 aliphatic heterocycles. The third-order valence-corrected chi connectivity index (χ3v) is 5.03. The Hall–Kier alpha value is -0.690. The van der Waals surface area contributed by atoms with Crippen molar-refractivity contribution < 1.29 is 12.8 Å². The summed E-state index contributed by atoms with van der Waals surface area (Å²) in [7, 11) is -3.35. The molecule has 0 spiro atoms. The van der Waals surface area contributed by atoms with Crippen molar-refractivity contribution in [1.29, 1.82) is 0 Å². The van der Waals surface area contributed by atoms with E-state index >= 15 is 0 Å². The predicted molar refractivity (Wildman–Crippen MR) is 77.7 cm³/mol. The second-order valence-corrected chi connectivity index (χ2v) is 7.26. The van der Waals surface area contributed by atoms with Crippen LogP contribution in [-0.2, 0) is 16.6 Å². The first-order chi connectivity index (χ1) is 9.46. The van der Waals surface area contributed by atoms with E-state index in [0.29, 0.717) is 5.56 Å². The van der Waals surface area contributed by atoms with E-state index in [2.05, 4.69) is 10.0 Å². The first kappa shape index (κ1) is 15.7. The van der Waals surface area contributed by atoms with Crippen molar-refractivity contribution in [1.82, 2.24) is 10.0 Å². The summed E-state index contributed by atoms with van der Waals surface area (Å²) in [6, 6.07) is 4.19. The zero-order valence-electron chi connectivity index (χ0n) is 11.0. The van der Waals surface area contributed by atoms with Gasteiger partial charge in [0, 0.05) is 12.6 Å². The Bertz CT molecular complexity index is 559. The fourth-order valence-electron chi connectivity index (χ4n) is 2.23. The molecule has 1 aromatic rings. The van der Waals surface area contributed by atoms with Gasteiger partial charge in [0.25, 0.3) is 0 Å². The van der Waals surface area contributed by atoms with Gasteiger partial charge < -0.3 is 5.32 Å². The van der Waals surface area contributed by atoms with Crippen molar-refractivity contribution >= 4 is 21.6 Å². The molecule has 0 amide bonds. The number of sulfonamides is 1. The molecule has 0 saturated carbocycles. The zero-order valence-corrected chi connectivity index (χ0v) is 12.6. The minimum absolute atomic E-state index is 0.00403. The van der Waals surface area contributed by atoms with Crippen molar-refractivity contribution in [2.75, 3.05) is 12.3 Å². The van der Waals surface area contributed by atoms with E-state index < -0.39 is 15.8 Å². The molecule has 2 rings (SSSR count). The van der Waals surface area contributed by atoms with Crippen LogP contribution in [0.15, 0.2) is 18.2 Å². The van der Waals surface area contributed by atoms with E-state index in [9.17, 15) is 12.8 Å². The number of benzene rings is 1. The summed E-state index contributed by atoms with van der Waals surface area (Å²) >= 11 is 5.66. The van der Waals surface area contributed by atoms with Gasteiger partial charge in [-0.3, -0.25) is 0 Å². The van der Waals surface area contributed by atoms with E-state index in [1.165, 1.54) is 18.2 Å². The maximum Gasteiger partial charge on any atom is 0.213 e. The summed E-state index contributed by atoms with van der Waals surface area (Å²) in [5, 5.41) is 3.20. The van der Waals surface area contributed by atoms with Crippen LogP contribution in [0, 0.1) is 5.82 Å². The van der Waals surface area contributed by atoms with Crippen LogP contribution in [0.3, 0.4) is 0 Å². The highest BCUT2D eigenvalue weighted by molar-refractivity contribution is 7.89. The van der Waals surface area contributed by atoms with Gasteiger partial charge in [-0.05, 0) is 37.1 Å². The average molecular weight is 321 g/mol. The van der Waals surface area contributed by atoms with Crippen LogP contribution in [-0.4, -0.2) is 26.8 Å². The smallest absolute Gasteiger partial charge is 0.213 e. The average Bonchev–Trinajstić information content (AvgIpc) is 2.41. The number of hydrogen-bond acceptors (Lipinski definition) is 3. The second-order valence-electron chi connectivity index (χ2n) is 5.00. The van der Waals surface area contributed by atoms with Crippen LogP contribution in [0.5, 0.6) is 0 Å². The van der Waals surface area contributed by atoms with Gasteiger partial charge in [-0.25, -0.2) is 17.5 Å². The Morgan fingerprint density at radius 2 is 2.20 bits per heavy atom. The highest BCUT2D eigenvalue weighted by Crippen LogP contribution is 2.16. The SMILES string of the molecule is O=S(=O)(CC1CCCCN1)NCc1ccc(F)c(Cl)c1. The normalized spacial score (nSPS) is 20.0. The lowest BCUT2D eigenvalue weighted by molar-refractivity contribution is 0.422. The fraction of sp³-hybridized carbons (Fsp3) is 0.538. The molecular formula is C13H18ClFN2O2S. The maximum atomic E-state index is 13.0. The summed E-state index contributed by atoms with van der Waals surface area (Å²) in [5.41, 5.74) is 0.636. The second kappa shape index (κ2) is 6.85. The van der Waals surface area contributed by atoms with Crippen LogP contribution >= 0.6 is 11.6 Å². The van der Waals surface area contributed by atoms with Gasteiger partial charge in [-0.15, -0.1) is 0 Å². The molecule has 0 bridgehead atoms. The van der Waals surface area contributed by atoms with Gasteiger partial charge in [-0.1, -0.05) is 24.1 Å². The monoisotopic (exact) mass is 320 g/mol. The molecule has 0 aliphatic carbocycles. The molecule has 0 aromatic heterocycles. The first-order valence-electron chi connectivity index (χ1n) is 6.61. The third-order valence-electron chi connectivity index (χ3n) is 3.31. The molecule has 1 heterocycles. The molecule has 1 aromatic carbocycles. The minimum Gasteiger partial charge on any atom is -0.313 e. The molecule has 1 unspecified atom stereocenters. The van der Waals surface area contributed by atoms with Crippen molar-refractivity contribution in [2.45, 2.75) is 31.8 Å². The zero-order chi connectivity index (χ0) is 14.6. The number of halogens is 2. The predicted octanol–water partition coefficient (Wildman–Crippen LogP) is 2.04. The molecule has 2 N–H and O–H groups in total. The molecule has 0 radical (unpaired) electrons. The van der Waals surface area contributed by atoms with E-state index in [-0.39, 0.29) is 23.4 Å². The first-order valence-corrected chi connectivity index (χ1v) is 8.64. The number of hydrogen-bond donors (Lipinski definition) is 2. The van der Waals surface area contributed by atoms with Crippen LogP contribution < -0.4 is 10.0 Å². The lowest BCUT2D eigenvalue weighted by Crippen LogP contribution is -2.42. The van der Waals surface area contributed by atoms with Gasteiger partial charge in [0.2, 0.25) is 10.0 Å². The van der Waals surface area contributed by atoms with E-state index in [1.54, 1.807) is 0 Å². The van der Waals surface area contributed by atoms with Crippen LogP contribution in [0.25, 0.3) is 0 Å². The summed E-state index contributed by atoms with van der Waals surface area (Å²) in [6.07, 6.45) is 3.03. The molecule has 1 fully saturated rings. The van der Waals surface area contributed by atoms with Crippen LogP contribution in [0.2, 0.25) is 5.02 Å². The highest BCUT2D eigenvalue weighted by Gasteiger charge is 2.20. The summed E-state index contributed by atoms with van der Waals surface area (Å²) in [6.45, 7) is 0.989. The van der Waals surface area contributed by atoms with Gasteiger partial charge in [-0.2, -0.15) is 0 Å². The van der Waals surface area contributed by atoms with Gasteiger partial charge in [0.05, 0.1) is 10.8 Å². The third kappa shape index (κ3) is 4.70. The molecule has 20 heavy (non-hydrogen) atoms. The molecule has 7 heteroatoms. The molecule has 1 atom stereocenters. The summed E-state index contributed by atoms with van der Waals surface area (Å²) in [5.74, 6) is -0.438. The van der Waals surface area contributed by atoms with Crippen LogP contribution in [0.1, 0.15) is 24.8 Å². The molecule has 1 saturated heterocycles. The van der Waals surface area contributed by atoms with E-state index in [4.69, 9.17) is 11.6 Å². The number of rotatable bonds is 5. The molecule has 112 valence electrons. The van der Waals surface area contributed by atoms with Gasteiger partial charge in [0.15, 0.2) is 0 Å². The summed E-state index contributed by atoms with van der Waals surface area (Å²) < 4.78 is 39.5. The van der Waals surface area contributed by atoms with Crippen LogP contribution in [0.4, 0.5) is 4.39 Å². The van der Waals surface area contributed by atoms with Crippen molar-refractivity contribution in [3.8, 4) is 0 Å². The molecule has 1 aliphatic rings. The Kier molecular flexibility index (Phi) is 5.37. The largest absolute Gasteiger partial charge is 0.313 e. The Labute approximate surface area is 123 Å². The van der Waals surface area contributed by atoms with E-state index in [0.717, 1.165) is 25.8 Å². The number of nitrogens with one attached hydrogen (secondary N) is 2. The Morgan fingerprint density at radius 1 is 1.40 bits per heavy atom. The lowest BCUT2D eigenvalue weighted by Gasteiger charge is -2.23. The van der Waals surface area contributed by atoms with Crippen molar-refractivity contribution in [3.05, 3.63) is 34.6 Å². The minimum atomic E-state index is -3.35.